The Bertz CT molecular complexity index is 1060. The second-order valence-electron chi connectivity index (χ2n) is 12.5. The van der Waals surface area contributed by atoms with Gasteiger partial charge < -0.3 is 38.9 Å². The summed E-state index contributed by atoms with van der Waals surface area (Å²) in [6, 6.07) is 3.22. The number of hydrogen-bond donors (Lipinski definition) is 1. The number of rotatable bonds is 12. The molecule has 1 aromatic rings. The molecule has 0 aromatic heterocycles. The molecule has 0 fully saturated rings. The molecular formula is C30H47NO11. The Morgan fingerprint density at radius 2 is 1.24 bits per heavy atom. The molecular weight excluding hydrogens is 550 g/mol. The lowest BCUT2D eigenvalue weighted by atomic mass is 9.99. The van der Waals surface area contributed by atoms with Crippen LogP contribution in [0.1, 0.15) is 81.2 Å². The first-order chi connectivity index (χ1) is 19.3. The molecule has 1 rings (SSSR count). The first kappa shape index (κ1) is 36.5. The highest BCUT2D eigenvalue weighted by Crippen LogP contribution is 2.30. The first-order valence-corrected chi connectivity index (χ1v) is 13.9. The molecule has 0 amide bonds. The van der Waals surface area contributed by atoms with Gasteiger partial charge in [0.15, 0.2) is 11.5 Å². The highest BCUT2D eigenvalue weighted by atomic mass is 16.8. The minimum absolute atomic E-state index is 0.0149. The van der Waals surface area contributed by atoms with Gasteiger partial charge in [-0.25, -0.2) is 14.4 Å². The van der Waals surface area contributed by atoms with Crippen LogP contribution in [0.15, 0.2) is 18.2 Å². The number of carbonyl (C=O) groups excluding carboxylic acids is 4. The predicted molar refractivity (Wildman–Crippen MR) is 153 cm³/mol. The van der Waals surface area contributed by atoms with Crippen LogP contribution in [0.4, 0.5) is 14.4 Å². The van der Waals surface area contributed by atoms with Crippen molar-refractivity contribution in [2.24, 2.45) is 16.6 Å². The average molecular weight is 598 g/mol. The van der Waals surface area contributed by atoms with Crippen LogP contribution in [-0.4, -0.2) is 62.0 Å². The molecule has 0 heterocycles. The van der Waals surface area contributed by atoms with E-state index < -0.39 is 42.7 Å². The van der Waals surface area contributed by atoms with Gasteiger partial charge in [0.2, 0.25) is 0 Å². The highest BCUT2D eigenvalue weighted by Gasteiger charge is 2.26. The summed E-state index contributed by atoms with van der Waals surface area (Å²) >= 11 is 0. The molecule has 1 aromatic carbocycles. The van der Waals surface area contributed by atoms with Crippen LogP contribution in [0.3, 0.4) is 0 Å². The highest BCUT2D eigenvalue weighted by molar-refractivity contribution is 5.76. The third-order valence-corrected chi connectivity index (χ3v) is 5.52. The van der Waals surface area contributed by atoms with Crippen molar-refractivity contribution in [1.29, 1.82) is 0 Å². The average Bonchev–Trinajstić information content (AvgIpc) is 2.86. The number of carbonyl (C=O) groups is 4. The molecule has 0 saturated heterocycles. The molecule has 12 heteroatoms. The van der Waals surface area contributed by atoms with E-state index in [4.69, 9.17) is 38.9 Å². The smallest absolute Gasteiger partial charge is 0.458 e. The van der Waals surface area contributed by atoms with Gasteiger partial charge in [0.05, 0.1) is 13.2 Å². The maximum atomic E-state index is 12.7. The molecule has 0 bridgehead atoms. The van der Waals surface area contributed by atoms with Crippen molar-refractivity contribution in [3.63, 3.8) is 0 Å². The van der Waals surface area contributed by atoms with Gasteiger partial charge >= 0.3 is 24.4 Å². The molecule has 0 aliphatic rings. The molecule has 0 aliphatic carbocycles. The molecule has 238 valence electrons. The van der Waals surface area contributed by atoms with Crippen molar-refractivity contribution in [2.75, 3.05) is 13.2 Å². The number of esters is 1. The van der Waals surface area contributed by atoms with Gasteiger partial charge in [-0.15, -0.1) is 0 Å². The van der Waals surface area contributed by atoms with E-state index in [2.05, 4.69) is 0 Å². The van der Waals surface area contributed by atoms with Crippen LogP contribution in [0, 0.1) is 10.8 Å². The summed E-state index contributed by atoms with van der Waals surface area (Å²) in [5, 5.41) is 0. The van der Waals surface area contributed by atoms with Crippen molar-refractivity contribution >= 4 is 24.4 Å². The van der Waals surface area contributed by atoms with Gasteiger partial charge in [0.1, 0.15) is 24.4 Å². The van der Waals surface area contributed by atoms with Gasteiger partial charge in [-0.2, -0.15) is 0 Å². The minimum Gasteiger partial charge on any atom is -0.458 e. The summed E-state index contributed by atoms with van der Waals surface area (Å²) in [6.45, 7) is 18.2. The summed E-state index contributed by atoms with van der Waals surface area (Å²) in [5.41, 5.74) is 5.96. The van der Waals surface area contributed by atoms with Gasteiger partial charge in [-0.1, -0.05) is 54.5 Å². The van der Waals surface area contributed by atoms with Gasteiger partial charge in [0, 0.05) is 0 Å². The fourth-order valence-corrected chi connectivity index (χ4v) is 2.86. The maximum absolute atomic E-state index is 12.7. The van der Waals surface area contributed by atoms with E-state index >= 15 is 0 Å². The molecule has 4 atom stereocenters. The lowest BCUT2D eigenvalue weighted by Gasteiger charge is -2.23. The molecule has 42 heavy (non-hydrogen) atoms. The number of nitrogens with two attached hydrogens (primary N) is 1. The molecule has 0 aliphatic heterocycles. The van der Waals surface area contributed by atoms with E-state index in [1.807, 2.05) is 48.5 Å². The summed E-state index contributed by atoms with van der Waals surface area (Å²) in [5.74, 6) is -0.966. The minimum atomic E-state index is -1.11. The number of ether oxygens (including phenoxy) is 7. The summed E-state index contributed by atoms with van der Waals surface area (Å²) < 4.78 is 36.5. The lowest BCUT2D eigenvalue weighted by molar-refractivity contribution is -0.155. The summed E-state index contributed by atoms with van der Waals surface area (Å²) in [7, 11) is 0. The van der Waals surface area contributed by atoms with Crippen LogP contribution in [0.25, 0.3) is 0 Å². The Balaban J connectivity index is 2.95. The molecule has 2 N–H and O–H groups in total. The zero-order valence-electron chi connectivity index (χ0n) is 26.4. The van der Waals surface area contributed by atoms with Crippen LogP contribution < -0.4 is 15.2 Å². The van der Waals surface area contributed by atoms with Gasteiger partial charge in [-0.3, -0.25) is 4.79 Å². The summed E-state index contributed by atoms with van der Waals surface area (Å²) in [4.78, 5) is 49.2. The predicted octanol–water partition coefficient (Wildman–Crippen LogP) is 5.95. The summed E-state index contributed by atoms with van der Waals surface area (Å²) in [6.07, 6.45) is -4.14. The molecule has 12 nitrogen and oxygen atoms in total. The van der Waals surface area contributed by atoms with E-state index in [1.165, 1.54) is 12.1 Å². The quantitative estimate of drug-likeness (QED) is 0.172. The van der Waals surface area contributed by atoms with E-state index in [0.29, 0.717) is 12.0 Å². The zero-order chi connectivity index (χ0) is 32.3. The van der Waals surface area contributed by atoms with E-state index in [9.17, 15) is 19.2 Å². The number of benzene rings is 1. The second-order valence-corrected chi connectivity index (χ2v) is 12.5. The Labute approximate surface area is 248 Å². The third kappa shape index (κ3) is 14.9. The van der Waals surface area contributed by atoms with E-state index in [0.717, 1.165) is 0 Å². The molecule has 0 radical (unpaired) electrons. The fourth-order valence-electron chi connectivity index (χ4n) is 2.86. The fraction of sp³-hybridized carbons (Fsp3) is 0.667. The van der Waals surface area contributed by atoms with Gasteiger partial charge in [-0.05, 0) is 62.1 Å². The van der Waals surface area contributed by atoms with Crippen molar-refractivity contribution < 1.29 is 52.3 Å². The molecule has 0 spiro atoms. The topological polar surface area (TPSA) is 159 Å². The SMILES string of the molecule is CCC(C)OC(=O)O[C@@H](C)[C@H](C)OC(=O)[C@@H](N)Cc1ccc(OC(=O)OCC(C)(C)C)c(OC(=O)OCC(C)(C)C)c1. The van der Waals surface area contributed by atoms with E-state index in [-0.39, 0.29) is 48.1 Å². The Kier molecular flexibility index (Phi) is 14.1. The van der Waals surface area contributed by atoms with Crippen LogP contribution in [0.5, 0.6) is 11.5 Å². The lowest BCUT2D eigenvalue weighted by Crippen LogP contribution is -2.39. The van der Waals surface area contributed by atoms with Crippen LogP contribution in [0.2, 0.25) is 0 Å². The standard InChI is InChI=1S/C30H47NO11/c1-11-18(2)38-28(35)40-20(4)19(3)39-25(32)22(31)14-21-12-13-23(41-26(33)36-16-29(5,6)7)24(15-21)42-27(34)37-17-30(8,9)10/h12-13,15,18-20,22H,11,14,16-17,31H2,1-10H3/t18?,19-,20-,22-/m0/s1. The Morgan fingerprint density at radius 1 is 0.738 bits per heavy atom. The van der Waals surface area contributed by atoms with Crippen LogP contribution >= 0.6 is 0 Å². The van der Waals surface area contributed by atoms with Crippen molar-refractivity contribution in [3.8, 4) is 11.5 Å². The van der Waals surface area contributed by atoms with Crippen molar-refractivity contribution in [3.05, 3.63) is 23.8 Å². The number of hydrogen-bond acceptors (Lipinski definition) is 12. The monoisotopic (exact) mass is 597 g/mol. The Hall–Kier alpha value is -3.54. The van der Waals surface area contributed by atoms with Crippen molar-refractivity contribution in [1.82, 2.24) is 0 Å². The maximum Gasteiger partial charge on any atom is 0.513 e. The van der Waals surface area contributed by atoms with E-state index in [1.54, 1.807) is 26.8 Å². The largest absolute Gasteiger partial charge is 0.513 e. The second kappa shape index (κ2) is 16.2. The molecule has 0 saturated carbocycles. The first-order valence-electron chi connectivity index (χ1n) is 13.9. The Morgan fingerprint density at radius 3 is 1.74 bits per heavy atom. The zero-order valence-corrected chi connectivity index (χ0v) is 26.4. The van der Waals surface area contributed by atoms with Crippen molar-refractivity contribution in [2.45, 2.75) is 106 Å². The molecule has 1 unspecified atom stereocenters. The van der Waals surface area contributed by atoms with Gasteiger partial charge in [0.25, 0.3) is 0 Å². The van der Waals surface area contributed by atoms with Crippen LogP contribution in [-0.2, 0) is 34.9 Å². The third-order valence-electron chi connectivity index (χ3n) is 5.52. The normalized spacial score (nSPS) is 14.5.